The van der Waals surface area contributed by atoms with Crippen LogP contribution in [0.3, 0.4) is 0 Å². The van der Waals surface area contributed by atoms with Gasteiger partial charge in [-0.1, -0.05) is 6.58 Å². The molecule has 1 fully saturated rings. The van der Waals surface area contributed by atoms with Crippen LogP contribution in [0.15, 0.2) is 24.7 Å². The van der Waals surface area contributed by atoms with E-state index in [9.17, 15) is 9.36 Å². The largest absolute Gasteiger partial charge is 0.469 e. The summed E-state index contributed by atoms with van der Waals surface area (Å²) in [5.41, 5.74) is 0. The summed E-state index contributed by atoms with van der Waals surface area (Å²) in [4.78, 5) is 31.2. The first-order chi connectivity index (χ1) is 12.0. The normalized spacial score (nSPS) is 30.8. The highest BCUT2D eigenvalue weighted by molar-refractivity contribution is 7.46. The van der Waals surface area contributed by atoms with Crippen molar-refractivity contribution in [2.24, 2.45) is 0 Å². The van der Waals surface area contributed by atoms with Crippen molar-refractivity contribution in [2.75, 3.05) is 7.11 Å². The van der Waals surface area contributed by atoms with Crippen molar-refractivity contribution in [1.29, 1.82) is 0 Å². The van der Waals surface area contributed by atoms with E-state index in [2.05, 4.69) is 11.9 Å². The molecule has 11 heteroatoms. The molecule has 0 aromatic heterocycles. The number of ether oxygens (including phenoxy) is 3. The van der Waals surface area contributed by atoms with Crippen molar-refractivity contribution in [2.45, 2.75) is 57.5 Å². The van der Waals surface area contributed by atoms with Crippen molar-refractivity contribution >= 4 is 13.7 Å². The molecule has 2 rings (SSSR count). The summed E-state index contributed by atoms with van der Waals surface area (Å²) in [6.07, 6.45) is -1.19. The Kier molecular flexibility index (Phi) is 6.62. The number of amides is 1. The first-order valence-corrected chi connectivity index (χ1v) is 9.60. The van der Waals surface area contributed by atoms with Crippen molar-refractivity contribution in [3.63, 3.8) is 0 Å². The van der Waals surface area contributed by atoms with Crippen LogP contribution in [-0.4, -0.2) is 64.5 Å². The third-order valence-corrected chi connectivity index (χ3v) is 4.54. The smallest absolute Gasteiger partial charge is 0.374 e. The molecule has 3 N–H and O–H groups in total. The fourth-order valence-corrected chi connectivity index (χ4v) is 3.54. The third kappa shape index (κ3) is 4.92. The van der Waals surface area contributed by atoms with Crippen LogP contribution < -0.4 is 5.32 Å². The molecule has 26 heavy (non-hydrogen) atoms. The molecule has 10 nitrogen and oxygen atoms in total. The number of rotatable bonds is 7. The number of phosphoric ester groups is 1. The van der Waals surface area contributed by atoms with Gasteiger partial charge in [-0.05, 0) is 20.8 Å². The van der Waals surface area contributed by atoms with Crippen LogP contribution in [0.4, 0.5) is 0 Å². The summed E-state index contributed by atoms with van der Waals surface area (Å²) in [7, 11) is -3.24. The average molecular weight is 392 g/mol. The predicted octanol–water partition coefficient (Wildman–Crippen LogP) is 0.434. The van der Waals surface area contributed by atoms with Crippen molar-refractivity contribution in [3.8, 4) is 0 Å². The maximum Gasteiger partial charge on any atom is 0.469 e. The van der Waals surface area contributed by atoms with Crippen LogP contribution >= 0.6 is 7.82 Å². The quantitative estimate of drug-likeness (QED) is 0.529. The number of carbonyl (C=O) groups is 1. The lowest BCUT2D eigenvalue weighted by molar-refractivity contribution is -0.119. The Morgan fingerprint density at radius 3 is 2.50 bits per heavy atom. The number of phosphoric acid groups is 1. The summed E-state index contributed by atoms with van der Waals surface area (Å²) in [6, 6.07) is 0. The molecule has 2 aliphatic heterocycles. The lowest BCUT2D eigenvalue weighted by atomic mass is 10.1. The standard InChI is InChI=1S/C15H25N2O8P/c1-8(2)23-13-12(9(3)25-26(19,20)21)24-15(14(13)22-5)17-7-6-11(18)16-10(17)4/h6-9,12-15H,4H2,1-3,5H3,(H,16,18)(H2,19,20,21)/t9-,12+,13-,14?,15+/m0/s1. The maximum atomic E-state index is 11.4. The van der Waals surface area contributed by atoms with Gasteiger partial charge in [-0.15, -0.1) is 0 Å². The van der Waals surface area contributed by atoms with Gasteiger partial charge in [0.25, 0.3) is 5.91 Å². The first-order valence-electron chi connectivity index (χ1n) is 8.07. The number of nitrogens with zero attached hydrogens (tertiary/aromatic N) is 1. The zero-order valence-electron chi connectivity index (χ0n) is 15.1. The Hall–Kier alpha value is -1.26. The molecule has 0 radical (unpaired) electrons. The Balaban J connectivity index is 2.30. The zero-order valence-corrected chi connectivity index (χ0v) is 16.0. The summed E-state index contributed by atoms with van der Waals surface area (Å²) in [5, 5.41) is 2.56. The monoisotopic (exact) mass is 392 g/mol. The van der Waals surface area contributed by atoms with Gasteiger partial charge in [0.05, 0.1) is 12.2 Å². The molecule has 5 atom stereocenters. The Bertz CT molecular complexity index is 619. The van der Waals surface area contributed by atoms with Gasteiger partial charge < -0.3 is 34.2 Å². The van der Waals surface area contributed by atoms with Crippen molar-refractivity contribution in [1.82, 2.24) is 10.2 Å². The van der Waals surface area contributed by atoms with Crippen LogP contribution in [0.5, 0.6) is 0 Å². The maximum absolute atomic E-state index is 11.4. The van der Waals surface area contributed by atoms with Gasteiger partial charge in [-0.25, -0.2) is 4.57 Å². The zero-order chi connectivity index (χ0) is 19.6. The summed E-state index contributed by atoms with van der Waals surface area (Å²) >= 11 is 0. The number of nitrogens with one attached hydrogen (secondary N) is 1. The van der Waals surface area contributed by atoms with Gasteiger partial charge in [-0.2, -0.15) is 0 Å². The molecule has 2 heterocycles. The van der Waals surface area contributed by atoms with Crippen LogP contribution in [0.1, 0.15) is 20.8 Å². The number of hydrogen-bond donors (Lipinski definition) is 3. The third-order valence-electron chi connectivity index (χ3n) is 3.93. The molecule has 1 amide bonds. The minimum absolute atomic E-state index is 0.190. The number of methoxy groups -OCH3 is 1. The summed E-state index contributed by atoms with van der Waals surface area (Å²) < 4.78 is 33.4. The van der Waals surface area contributed by atoms with Gasteiger partial charge in [-0.3, -0.25) is 9.32 Å². The van der Waals surface area contributed by atoms with E-state index in [0.29, 0.717) is 0 Å². The van der Waals surface area contributed by atoms with E-state index in [1.165, 1.54) is 26.3 Å². The van der Waals surface area contributed by atoms with E-state index >= 15 is 0 Å². The Morgan fingerprint density at radius 2 is 2.00 bits per heavy atom. The predicted molar refractivity (Wildman–Crippen MR) is 90.3 cm³/mol. The van der Waals surface area contributed by atoms with E-state index in [1.807, 2.05) is 13.8 Å². The molecule has 0 aliphatic carbocycles. The van der Waals surface area contributed by atoms with Gasteiger partial charge in [0.2, 0.25) is 0 Å². The van der Waals surface area contributed by atoms with E-state index in [4.69, 9.17) is 28.5 Å². The molecule has 1 unspecified atom stereocenters. The fraction of sp³-hybridized carbons (Fsp3) is 0.667. The highest BCUT2D eigenvalue weighted by atomic mass is 31.2. The summed E-state index contributed by atoms with van der Waals surface area (Å²) in [6.45, 7) is 8.92. The molecule has 2 aliphatic rings. The van der Waals surface area contributed by atoms with Crippen LogP contribution in [-0.2, 0) is 28.1 Å². The number of hydrogen-bond acceptors (Lipinski definition) is 7. The van der Waals surface area contributed by atoms with Crippen molar-refractivity contribution in [3.05, 3.63) is 24.7 Å². The minimum Gasteiger partial charge on any atom is -0.374 e. The van der Waals surface area contributed by atoms with Crippen molar-refractivity contribution < 1.29 is 37.9 Å². The van der Waals surface area contributed by atoms with Crippen LogP contribution in [0.2, 0.25) is 0 Å². The van der Waals surface area contributed by atoms with Gasteiger partial charge >= 0.3 is 7.82 Å². The summed E-state index contributed by atoms with van der Waals surface area (Å²) in [5.74, 6) is -0.0278. The first kappa shape index (κ1) is 21.0. The molecule has 148 valence electrons. The second-order valence-electron chi connectivity index (χ2n) is 6.30. The van der Waals surface area contributed by atoms with Gasteiger partial charge in [0.15, 0.2) is 6.23 Å². The highest BCUT2D eigenvalue weighted by Crippen LogP contribution is 2.42. The van der Waals surface area contributed by atoms with E-state index in [0.717, 1.165) is 0 Å². The molecular weight excluding hydrogens is 367 g/mol. The topological polar surface area (TPSA) is 127 Å². The Morgan fingerprint density at radius 1 is 1.35 bits per heavy atom. The second-order valence-corrected chi connectivity index (χ2v) is 7.49. The number of carbonyl (C=O) groups excluding carboxylic acids is 1. The molecule has 0 aromatic carbocycles. The lowest BCUT2D eigenvalue weighted by Crippen LogP contribution is -2.48. The van der Waals surface area contributed by atoms with Crippen LogP contribution in [0.25, 0.3) is 0 Å². The van der Waals surface area contributed by atoms with Gasteiger partial charge in [0, 0.05) is 19.4 Å². The lowest BCUT2D eigenvalue weighted by Gasteiger charge is -2.34. The molecule has 0 saturated carbocycles. The molecular formula is C15H25N2O8P. The molecule has 0 bridgehead atoms. The molecule has 1 saturated heterocycles. The van der Waals surface area contributed by atoms with E-state index < -0.39 is 38.5 Å². The van der Waals surface area contributed by atoms with Gasteiger partial charge in [0.1, 0.15) is 24.1 Å². The SMILES string of the molecule is C=C1NC(=O)C=CN1[C@@H]1O[C@H]([C@H](C)OP(=O)(O)O)[C@H](OC(C)C)C1OC. The Labute approximate surface area is 152 Å². The fourth-order valence-electron chi connectivity index (χ4n) is 2.99. The molecule has 0 spiro atoms. The second kappa shape index (κ2) is 8.18. The van der Waals surface area contributed by atoms with E-state index in [1.54, 1.807) is 4.90 Å². The van der Waals surface area contributed by atoms with E-state index in [-0.39, 0.29) is 17.8 Å². The minimum atomic E-state index is -4.71. The molecule has 0 aromatic rings. The highest BCUT2D eigenvalue weighted by Gasteiger charge is 2.52. The van der Waals surface area contributed by atoms with Crippen LogP contribution in [0, 0.1) is 0 Å². The average Bonchev–Trinajstić information content (AvgIpc) is 2.83.